The average molecular weight is 333 g/mol. The first kappa shape index (κ1) is 16.0. The maximum absolute atomic E-state index is 11.3. The lowest BCUT2D eigenvalue weighted by Crippen LogP contribution is -2.33. The van der Waals surface area contributed by atoms with E-state index in [0.717, 1.165) is 23.4 Å². The van der Waals surface area contributed by atoms with Gasteiger partial charge in [-0.15, -0.1) is 0 Å². The number of nitrogens with one attached hydrogen (secondary N) is 2. The van der Waals surface area contributed by atoms with E-state index in [1.165, 1.54) is 0 Å². The summed E-state index contributed by atoms with van der Waals surface area (Å²) in [5.41, 5.74) is -0.449. The molecule has 0 aliphatic heterocycles. The quantitative estimate of drug-likeness (QED) is 0.786. The molecule has 0 atom stereocenters. The van der Waals surface area contributed by atoms with Gasteiger partial charge in [0.1, 0.15) is 11.4 Å². The number of hydrogen-bond acceptors (Lipinski definition) is 4. The maximum Gasteiger partial charge on any atom is 0.407 e. The summed E-state index contributed by atoms with van der Waals surface area (Å²) >= 11 is 3.25. The fourth-order valence-electron chi connectivity index (χ4n) is 1.38. The molecule has 1 heterocycles. The van der Waals surface area contributed by atoms with Crippen LogP contribution in [-0.4, -0.2) is 24.8 Å². The Kier molecular flexibility index (Phi) is 6.37. The molecule has 0 saturated heterocycles. The Labute approximate surface area is 122 Å². The van der Waals surface area contributed by atoms with Gasteiger partial charge in [-0.05, 0) is 61.8 Å². The first-order valence-electron chi connectivity index (χ1n) is 6.28. The van der Waals surface area contributed by atoms with E-state index in [2.05, 4.69) is 26.6 Å². The highest BCUT2D eigenvalue weighted by atomic mass is 79.9. The van der Waals surface area contributed by atoms with Crippen LogP contribution in [0.4, 0.5) is 4.79 Å². The van der Waals surface area contributed by atoms with E-state index in [1.807, 2.05) is 32.9 Å². The molecule has 0 aliphatic rings. The summed E-state index contributed by atoms with van der Waals surface area (Å²) in [5.74, 6) is 0.881. The topological polar surface area (TPSA) is 63.5 Å². The molecule has 1 rings (SSSR count). The van der Waals surface area contributed by atoms with Crippen molar-refractivity contribution in [2.45, 2.75) is 39.3 Å². The van der Waals surface area contributed by atoms with Gasteiger partial charge < -0.3 is 19.8 Å². The second kappa shape index (κ2) is 7.55. The fourth-order valence-corrected chi connectivity index (χ4v) is 1.72. The smallest absolute Gasteiger partial charge is 0.407 e. The number of rotatable bonds is 6. The molecule has 19 heavy (non-hydrogen) atoms. The lowest BCUT2D eigenvalue weighted by molar-refractivity contribution is 0.0527. The van der Waals surface area contributed by atoms with Gasteiger partial charge in [0.2, 0.25) is 0 Å². The van der Waals surface area contributed by atoms with Crippen LogP contribution in [0.25, 0.3) is 0 Å². The number of carbonyl (C=O) groups excluding carboxylic acids is 1. The largest absolute Gasteiger partial charge is 0.453 e. The van der Waals surface area contributed by atoms with Crippen molar-refractivity contribution in [1.82, 2.24) is 10.6 Å². The molecular weight excluding hydrogens is 312 g/mol. The van der Waals surface area contributed by atoms with Crippen molar-refractivity contribution in [3.63, 3.8) is 0 Å². The van der Waals surface area contributed by atoms with Crippen LogP contribution in [-0.2, 0) is 11.3 Å². The van der Waals surface area contributed by atoms with Crippen LogP contribution < -0.4 is 10.6 Å². The van der Waals surface area contributed by atoms with Crippen molar-refractivity contribution in [3.8, 4) is 0 Å². The average Bonchev–Trinajstić information content (AvgIpc) is 2.67. The maximum atomic E-state index is 11.3. The SMILES string of the molecule is CC(C)(C)OC(=O)NCCCNCc1ccc(Br)o1. The minimum absolute atomic E-state index is 0.373. The number of amides is 1. The van der Waals surface area contributed by atoms with E-state index in [4.69, 9.17) is 9.15 Å². The van der Waals surface area contributed by atoms with Crippen molar-refractivity contribution in [2.75, 3.05) is 13.1 Å². The fraction of sp³-hybridized carbons (Fsp3) is 0.615. The van der Waals surface area contributed by atoms with Crippen LogP contribution in [0.2, 0.25) is 0 Å². The second-order valence-electron chi connectivity index (χ2n) is 5.16. The third-order valence-corrected chi connectivity index (χ3v) is 2.55. The van der Waals surface area contributed by atoms with Crippen LogP contribution in [0.3, 0.4) is 0 Å². The van der Waals surface area contributed by atoms with Crippen LogP contribution in [0.5, 0.6) is 0 Å². The molecule has 0 saturated carbocycles. The van der Waals surface area contributed by atoms with E-state index < -0.39 is 5.60 Å². The van der Waals surface area contributed by atoms with Crippen molar-refractivity contribution in [1.29, 1.82) is 0 Å². The molecule has 0 spiro atoms. The van der Waals surface area contributed by atoms with Gasteiger partial charge in [0, 0.05) is 6.54 Å². The third-order valence-electron chi connectivity index (χ3n) is 2.13. The van der Waals surface area contributed by atoms with Crippen LogP contribution in [0.1, 0.15) is 33.0 Å². The van der Waals surface area contributed by atoms with Crippen LogP contribution >= 0.6 is 15.9 Å². The first-order chi connectivity index (χ1) is 8.87. The van der Waals surface area contributed by atoms with Crippen molar-refractivity contribution in [2.24, 2.45) is 0 Å². The summed E-state index contributed by atoms with van der Waals surface area (Å²) in [5, 5.41) is 5.94. The second-order valence-corrected chi connectivity index (χ2v) is 5.95. The highest BCUT2D eigenvalue weighted by molar-refractivity contribution is 9.10. The van der Waals surface area contributed by atoms with Gasteiger partial charge >= 0.3 is 6.09 Å². The van der Waals surface area contributed by atoms with Crippen molar-refractivity contribution in [3.05, 3.63) is 22.6 Å². The van der Waals surface area contributed by atoms with E-state index in [-0.39, 0.29) is 6.09 Å². The zero-order chi connectivity index (χ0) is 14.3. The molecule has 0 aliphatic carbocycles. The first-order valence-corrected chi connectivity index (χ1v) is 7.08. The molecular formula is C13H21BrN2O3. The lowest BCUT2D eigenvalue weighted by atomic mass is 10.2. The standard InChI is InChI=1S/C13H21BrN2O3/c1-13(2,3)19-12(17)16-8-4-7-15-9-10-5-6-11(14)18-10/h5-6,15H,4,7-9H2,1-3H3,(H,16,17). The molecule has 0 bridgehead atoms. The summed E-state index contributed by atoms with van der Waals surface area (Å²) in [4.78, 5) is 11.3. The summed E-state index contributed by atoms with van der Waals surface area (Å²) in [6, 6.07) is 3.77. The van der Waals surface area contributed by atoms with E-state index >= 15 is 0 Å². The Balaban J connectivity index is 2.01. The predicted molar refractivity (Wildman–Crippen MR) is 77.0 cm³/mol. The monoisotopic (exact) mass is 332 g/mol. The van der Waals surface area contributed by atoms with Gasteiger partial charge in [0.05, 0.1) is 6.54 Å². The van der Waals surface area contributed by atoms with Crippen LogP contribution in [0.15, 0.2) is 21.2 Å². The summed E-state index contributed by atoms with van der Waals surface area (Å²) in [6.07, 6.45) is 0.462. The molecule has 2 N–H and O–H groups in total. The van der Waals surface area contributed by atoms with E-state index in [1.54, 1.807) is 0 Å². The van der Waals surface area contributed by atoms with Gasteiger partial charge in [0.15, 0.2) is 4.67 Å². The summed E-state index contributed by atoms with van der Waals surface area (Å²) in [6.45, 7) is 7.59. The van der Waals surface area contributed by atoms with Crippen LogP contribution in [0, 0.1) is 0 Å². The molecule has 108 valence electrons. The highest BCUT2D eigenvalue weighted by Gasteiger charge is 2.15. The number of furan rings is 1. The minimum Gasteiger partial charge on any atom is -0.453 e. The van der Waals surface area contributed by atoms with Crippen molar-refractivity contribution >= 4 is 22.0 Å². The van der Waals surface area contributed by atoms with Gasteiger partial charge in [-0.25, -0.2) is 4.79 Å². The van der Waals surface area contributed by atoms with Gasteiger partial charge in [-0.1, -0.05) is 0 Å². The zero-order valence-electron chi connectivity index (χ0n) is 11.6. The molecule has 0 aromatic carbocycles. The Bertz CT molecular complexity index is 399. The molecule has 5 nitrogen and oxygen atoms in total. The molecule has 1 aromatic heterocycles. The van der Waals surface area contributed by atoms with E-state index in [0.29, 0.717) is 13.1 Å². The number of hydrogen-bond donors (Lipinski definition) is 2. The van der Waals surface area contributed by atoms with E-state index in [9.17, 15) is 4.79 Å². The summed E-state index contributed by atoms with van der Waals surface area (Å²) < 4.78 is 11.2. The van der Waals surface area contributed by atoms with Gasteiger partial charge in [0.25, 0.3) is 0 Å². The zero-order valence-corrected chi connectivity index (χ0v) is 13.2. The summed E-state index contributed by atoms with van der Waals surface area (Å²) in [7, 11) is 0. The van der Waals surface area contributed by atoms with Gasteiger partial charge in [-0.2, -0.15) is 0 Å². The Morgan fingerprint density at radius 1 is 1.37 bits per heavy atom. The normalized spacial score (nSPS) is 11.4. The Morgan fingerprint density at radius 2 is 2.11 bits per heavy atom. The third kappa shape index (κ3) is 7.89. The molecule has 1 aromatic rings. The number of ether oxygens (including phenoxy) is 1. The van der Waals surface area contributed by atoms with Gasteiger partial charge in [-0.3, -0.25) is 0 Å². The van der Waals surface area contributed by atoms with Crippen molar-refractivity contribution < 1.29 is 13.9 Å². The highest BCUT2D eigenvalue weighted by Crippen LogP contribution is 2.13. The Morgan fingerprint density at radius 3 is 2.68 bits per heavy atom. The molecule has 0 fully saturated rings. The Hall–Kier alpha value is -1.01. The predicted octanol–water partition coefficient (Wildman–Crippen LogP) is 3.05. The lowest BCUT2D eigenvalue weighted by Gasteiger charge is -2.19. The molecule has 1 amide bonds. The molecule has 0 radical (unpaired) electrons. The molecule has 6 heteroatoms. The number of alkyl carbamates (subject to hydrolysis) is 1. The molecule has 0 unspecified atom stereocenters. The number of carbonyl (C=O) groups is 1. The number of halogens is 1. The minimum atomic E-state index is -0.449.